The second-order valence-electron chi connectivity index (χ2n) is 11.1. The summed E-state index contributed by atoms with van der Waals surface area (Å²) in [5, 5.41) is 18.8. The van der Waals surface area contributed by atoms with Gasteiger partial charge in [0.05, 0.1) is 26.2 Å². The zero-order valence-corrected chi connectivity index (χ0v) is 25.3. The number of carbonyl (C=O) groups excluding carboxylic acids is 1. The molecule has 4 nitrogen and oxygen atoms in total. The summed E-state index contributed by atoms with van der Waals surface area (Å²) in [5.41, 5.74) is 0. The molecule has 0 saturated carbocycles. The molecule has 4 heteroatoms. The third kappa shape index (κ3) is 28.0. The molecule has 0 heterocycles. The van der Waals surface area contributed by atoms with Gasteiger partial charge in [-0.3, -0.25) is 0 Å². The number of aliphatic carboxylic acids is 1. The fourth-order valence-electron chi connectivity index (χ4n) is 4.97. The van der Waals surface area contributed by atoms with Crippen LogP contribution in [0, 0.1) is 0 Å². The van der Waals surface area contributed by atoms with Crippen LogP contribution in [0.15, 0.2) is 0 Å². The summed E-state index contributed by atoms with van der Waals surface area (Å²) in [5.74, 6) is -0.918. The van der Waals surface area contributed by atoms with Crippen molar-refractivity contribution in [3.05, 3.63) is 0 Å². The van der Waals surface area contributed by atoms with Gasteiger partial charge in [0.25, 0.3) is 0 Å². The molecule has 218 valence electrons. The summed E-state index contributed by atoms with van der Waals surface area (Å²) >= 11 is 0. The van der Waals surface area contributed by atoms with Crippen molar-refractivity contribution in [2.75, 3.05) is 32.8 Å². The predicted molar refractivity (Wildman–Crippen MR) is 156 cm³/mol. The molecular formula is C32H67NO3. The van der Waals surface area contributed by atoms with Crippen LogP contribution in [0.5, 0.6) is 0 Å². The van der Waals surface area contributed by atoms with Crippen molar-refractivity contribution in [3.8, 4) is 0 Å². The van der Waals surface area contributed by atoms with Crippen LogP contribution in [0.2, 0.25) is 0 Å². The molecule has 0 unspecified atom stereocenters. The monoisotopic (exact) mass is 514 g/mol. The molecule has 0 radical (unpaired) electrons. The molecule has 0 bridgehead atoms. The quantitative estimate of drug-likeness (QED) is 0.0889. The number of hydrogen-bond acceptors (Lipinski definition) is 3. The topological polar surface area (TPSA) is 60.4 Å². The lowest BCUT2D eigenvalue weighted by atomic mass is 10.0. The van der Waals surface area contributed by atoms with Crippen molar-refractivity contribution >= 4 is 5.97 Å². The highest BCUT2D eigenvalue weighted by Gasteiger charge is 2.24. The number of hydrogen-bond donors (Lipinski definition) is 1. The maximum absolute atomic E-state index is 10.2. The zero-order valence-electron chi connectivity index (χ0n) is 25.3. The number of carboxylic acids is 1. The Hall–Kier alpha value is -0.610. The van der Waals surface area contributed by atoms with Gasteiger partial charge in [0.1, 0.15) is 0 Å². The van der Waals surface area contributed by atoms with Crippen molar-refractivity contribution in [1.29, 1.82) is 0 Å². The SMILES string of the molecule is CCCC[N+](CCCC)(CCCC)CCCC.O=C([O-])CCCCCCCCCCCCCCCO. The van der Waals surface area contributed by atoms with Gasteiger partial charge in [-0.25, -0.2) is 0 Å². The van der Waals surface area contributed by atoms with E-state index in [2.05, 4.69) is 27.7 Å². The molecule has 0 amide bonds. The molecule has 0 saturated heterocycles. The van der Waals surface area contributed by atoms with E-state index in [1.807, 2.05) is 0 Å². The number of carbonyl (C=O) groups is 1. The van der Waals surface area contributed by atoms with Gasteiger partial charge in [0.2, 0.25) is 0 Å². The number of aliphatic hydroxyl groups is 1. The average molecular weight is 514 g/mol. The van der Waals surface area contributed by atoms with Crippen molar-refractivity contribution in [1.82, 2.24) is 0 Å². The standard InChI is InChI=1S/C16H36N.C16H32O3/c1-5-9-13-17(14-10-6-2,15-11-7-3)16-12-8-4;17-15-13-11-9-7-5-3-1-2-4-6-8-10-12-14-16(18)19/h5-16H2,1-4H3;17H,1-15H2,(H,18,19)/q+1;/p-1. The van der Waals surface area contributed by atoms with E-state index in [1.54, 1.807) is 0 Å². The number of aliphatic hydroxyl groups excluding tert-OH is 1. The summed E-state index contributed by atoms with van der Waals surface area (Å²) < 4.78 is 1.42. The highest BCUT2D eigenvalue weighted by atomic mass is 16.4. The van der Waals surface area contributed by atoms with E-state index in [1.165, 1.54) is 140 Å². The molecule has 0 spiro atoms. The first-order chi connectivity index (χ1) is 17.5. The Morgan fingerprint density at radius 1 is 0.500 bits per heavy atom. The van der Waals surface area contributed by atoms with Crippen LogP contribution in [0.1, 0.15) is 169 Å². The Kier molecular flexibility index (Phi) is 31.9. The van der Waals surface area contributed by atoms with Gasteiger partial charge in [-0.1, -0.05) is 124 Å². The van der Waals surface area contributed by atoms with Gasteiger partial charge in [0.15, 0.2) is 0 Å². The van der Waals surface area contributed by atoms with Crippen molar-refractivity contribution in [2.24, 2.45) is 0 Å². The van der Waals surface area contributed by atoms with Gasteiger partial charge < -0.3 is 19.5 Å². The van der Waals surface area contributed by atoms with Crippen LogP contribution in [0.3, 0.4) is 0 Å². The minimum atomic E-state index is -0.918. The molecule has 0 aromatic rings. The zero-order chi connectivity index (χ0) is 27.2. The summed E-state index contributed by atoms with van der Waals surface area (Å²) in [6, 6.07) is 0. The molecule has 1 N–H and O–H groups in total. The molecule has 0 atom stereocenters. The lowest BCUT2D eigenvalue weighted by Crippen LogP contribution is -2.50. The number of quaternary nitrogens is 1. The summed E-state index contributed by atoms with van der Waals surface area (Å²) in [4.78, 5) is 10.2. The molecule has 0 aromatic heterocycles. The van der Waals surface area contributed by atoms with Gasteiger partial charge in [-0.15, -0.1) is 0 Å². The molecule has 36 heavy (non-hydrogen) atoms. The molecule has 0 aromatic carbocycles. The van der Waals surface area contributed by atoms with E-state index >= 15 is 0 Å². The number of rotatable bonds is 27. The highest BCUT2D eigenvalue weighted by molar-refractivity contribution is 5.64. The highest BCUT2D eigenvalue weighted by Crippen LogP contribution is 2.16. The second-order valence-corrected chi connectivity index (χ2v) is 11.1. The first-order valence-electron chi connectivity index (χ1n) is 16.2. The smallest absolute Gasteiger partial charge is 0.0786 e. The summed E-state index contributed by atoms with van der Waals surface area (Å²) in [6.45, 7) is 15.4. The minimum absolute atomic E-state index is 0.219. The molecule has 0 aliphatic carbocycles. The van der Waals surface area contributed by atoms with Crippen LogP contribution in [0.25, 0.3) is 0 Å². The van der Waals surface area contributed by atoms with Gasteiger partial charge in [0, 0.05) is 12.6 Å². The predicted octanol–water partition coefficient (Wildman–Crippen LogP) is 8.19. The number of carboxylic acid groups (broad SMARTS) is 1. The van der Waals surface area contributed by atoms with Crippen molar-refractivity contribution in [2.45, 2.75) is 169 Å². The average Bonchev–Trinajstić information content (AvgIpc) is 2.88. The Balaban J connectivity index is 0. The molecular weight excluding hydrogens is 446 g/mol. The summed E-state index contributed by atoms with van der Waals surface area (Å²) in [7, 11) is 0. The van der Waals surface area contributed by atoms with Crippen LogP contribution < -0.4 is 5.11 Å². The second kappa shape index (κ2) is 30.6. The lowest BCUT2D eigenvalue weighted by Gasteiger charge is -2.39. The lowest BCUT2D eigenvalue weighted by molar-refractivity contribution is -0.929. The Morgan fingerprint density at radius 3 is 1.03 bits per heavy atom. The number of unbranched alkanes of at least 4 members (excludes halogenated alkanes) is 16. The van der Waals surface area contributed by atoms with E-state index in [4.69, 9.17) is 5.11 Å². The van der Waals surface area contributed by atoms with Crippen LogP contribution in [0.4, 0.5) is 0 Å². The van der Waals surface area contributed by atoms with Crippen molar-refractivity contribution in [3.63, 3.8) is 0 Å². The fraction of sp³-hybridized carbons (Fsp3) is 0.969. The first-order valence-corrected chi connectivity index (χ1v) is 16.2. The minimum Gasteiger partial charge on any atom is -0.550 e. The Morgan fingerprint density at radius 2 is 0.778 bits per heavy atom. The first kappa shape index (κ1) is 37.5. The van der Waals surface area contributed by atoms with Gasteiger partial charge >= 0.3 is 0 Å². The van der Waals surface area contributed by atoms with E-state index in [9.17, 15) is 9.90 Å². The van der Waals surface area contributed by atoms with E-state index in [-0.39, 0.29) is 6.42 Å². The molecule has 0 aliphatic rings. The van der Waals surface area contributed by atoms with E-state index in [0.717, 1.165) is 25.7 Å². The van der Waals surface area contributed by atoms with Crippen molar-refractivity contribution < 1.29 is 19.5 Å². The van der Waals surface area contributed by atoms with Crippen LogP contribution in [-0.2, 0) is 4.79 Å². The molecule has 0 rings (SSSR count). The normalized spacial score (nSPS) is 11.4. The molecule has 0 aliphatic heterocycles. The fourth-order valence-corrected chi connectivity index (χ4v) is 4.97. The third-order valence-electron chi connectivity index (χ3n) is 7.48. The van der Waals surface area contributed by atoms with Crippen LogP contribution >= 0.6 is 0 Å². The van der Waals surface area contributed by atoms with Gasteiger partial charge in [-0.2, -0.15) is 0 Å². The largest absolute Gasteiger partial charge is 0.550 e. The van der Waals surface area contributed by atoms with Gasteiger partial charge in [-0.05, 0) is 44.9 Å². The van der Waals surface area contributed by atoms with E-state index in [0.29, 0.717) is 6.61 Å². The summed E-state index contributed by atoms with van der Waals surface area (Å²) in [6.07, 6.45) is 26.8. The Bertz CT molecular complexity index is 390. The third-order valence-corrected chi connectivity index (χ3v) is 7.48. The number of nitrogens with zero attached hydrogens (tertiary/aromatic N) is 1. The Labute approximate surface area is 227 Å². The van der Waals surface area contributed by atoms with E-state index < -0.39 is 5.97 Å². The molecule has 0 fully saturated rings. The maximum Gasteiger partial charge on any atom is 0.0786 e. The maximum atomic E-state index is 10.2. The van der Waals surface area contributed by atoms with Crippen LogP contribution in [-0.4, -0.2) is 48.3 Å².